The Morgan fingerprint density at radius 2 is 2.11 bits per heavy atom. The van der Waals surface area contributed by atoms with Gasteiger partial charge in [0.25, 0.3) is 0 Å². The maximum Gasteiger partial charge on any atom is 0.135 e. The fraction of sp³-hybridized carbons (Fsp3) is 0.357. The van der Waals surface area contributed by atoms with E-state index < -0.39 is 0 Å². The van der Waals surface area contributed by atoms with Gasteiger partial charge in [-0.3, -0.25) is 4.98 Å². The lowest BCUT2D eigenvalue weighted by Gasteiger charge is -2.15. The number of hydrogen-bond acceptors (Lipinski definition) is 5. The van der Waals surface area contributed by atoms with Crippen molar-refractivity contribution < 1.29 is 0 Å². The number of nitrogens with zero attached hydrogens (tertiary/aromatic N) is 3. The lowest BCUT2D eigenvalue weighted by molar-refractivity contribution is 0.849. The smallest absolute Gasteiger partial charge is 0.135 e. The molecule has 5 heteroatoms. The lowest BCUT2D eigenvalue weighted by atomic mass is 10.0. The normalized spacial score (nSPS) is 10.7. The first-order chi connectivity index (χ1) is 9.09. The summed E-state index contributed by atoms with van der Waals surface area (Å²) in [5.41, 5.74) is 9.23. The van der Waals surface area contributed by atoms with Gasteiger partial charge in [0.05, 0.1) is 0 Å². The van der Waals surface area contributed by atoms with Gasteiger partial charge < -0.3 is 11.1 Å². The van der Waals surface area contributed by atoms with Crippen molar-refractivity contribution in [1.29, 1.82) is 0 Å². The molecule has 0 unspecified atom stereocenters. The molecule has 0 spiro atoms. The van der Waals surface area contributed by atoms with E-state index in [4.69, 9.17) is 5.73 Å². The Morgan fingerprint density at radius 3 is 2.79 bits per heavy atom. The third kappa shape index (κ3) is 2.99. The first-order valence-electron chi connectivity index (χ1n) is 6.33. The fourth-order valence-corrected chi connectivity index (χ4v) is 1.98. The summed E-state index contributed by atoms with van der Waals surface area (Å²) in [6, 6.07) is 1.99. The topological polar surface area (TPSA) is 76.7 Å². The minimum Gasteiger partial charge on any atom is -0.383 e. The number of rotatable bonds is 4. The van der Waals surface area contributed by atoms with Crippen LogP contribution in [0.3, 0.4) is 0 Å². The van der Waals surface area contributed by atoms with E-state index in [1.807, 2.05) is 12.3 Å². The van der Waals surface area contributed by atoms with Gasteiger partial charge in [0.1, 0.15) is 18.0 Å². The Balaban J connectivity index is 2.21. The molecule has 100 valence electrons. The first-order valence-corrected chi connectivity index (χ1v) is 6.33. The molecule has 5 nitrogen and oxygen atoms in total. The van der Waals surface area contributed by atoms with Crippen molar-refractivity contribution in [1.82, 2.24) is 15.0 Å². The highest BCUT2D eigenvalue weighted by molar-refractivity contribution is 5.56. The van der Waals surface area contributed by atoms with Gasteiger partial charge >= 0.3 is 0 Å². The third-order valence-corrected chi connectivity index (χ3v) is 3.09. The molecule has 0 saturated carbocycles. The van der Waals surface area contributed by atoms with E-state index in [0.29, 0.717) is 12.4 Å². The highest BCUT2D eigenvalue weighted by atomic mass is 15.0. The van der Waals surface area contributed by atoms with E-state index in [-0.39, 0.29) is 5.92 Å². The van der Waals surface area contributed by atoms with Crippen LogP contribution in [0.4, 0.5) is 11.6 Å². The van der Waals surface area contributed by atoms with E-state index in [9.17, 15) is 0 Å². The van der Waals surface area contributed by atoms with Crippen LogP contribution in [0.5, 0.6) is 0 Å². The maximum atomic E-state index is 5.92. The van der Waals surface area contributed by atoms with E-state index in [1.54, 1.807) is 6.20 Å². The molecular formula is C14H19N5. The largest absolute Gasteiger partial charge is 0.383 e. The van der Waals surface area contributed by atoms with Crippen molar-refractivity contribution in [3.05, 3.63) is 41.5 Å². The number of hydrogen-bond donors (Lipinski definition) is 2. The number of nitrogens with two attached hydrogens (primary N) is 1. The average Bonchev–Trinajstić information content (AvgIpc) is 2.37. The maximum absolute atomic E-state index is 5.92. The summed E-state index contributed by atoms with van der Waals surface area (Å²) >= 11 is 0. The molecule has 0 atom stereocenters. The van der Waals surface area contributed by atoms with Gasteiger partial charge in [-0.15, -0.1) is 0 Å². The molecule has 0 aliphatic carbocycles. The van der Waals surface area contributed by atoms with Crippen molar-refractivity contribution in [2.24, 2.45) is 0 Å². The zero-order valence-electron chi connectivity index (χ0n) is 11.5. The second kappa shape index (κ2) is 5.65. The molecule has 2 heterocycles. The SMILES string of the molecule is Cc1ccncc1CNc1ncnc(N)c1C(C)C. The molecule has 2 aromatic rings. The van der Waals surface area contributed by atoms with Gasteiger partial charge in [-0.1, -0.05) is 13.8 Å². The molecule has 0 aromatic carbocycles. The molecular weight excluding hydrogens is 238 g/mol. The van der Waals surface area contributed by atoms with Crippen LogP contribution in [0, 0.1) is 6.92 Å². The Labute approximate surface area is 113 Å². The van der Waals surface area contributed by atoms with E-state index in [0.717, 1.165) is 16.9 Å². The molecule has 0 aliphatic rings. The van der Waals surface area contributed by atoms with Gasteiger partial charge in [-0.05, 0) is 30.0 Å². The molecule has 19 heavy (non-hydrogen) atoms. The van der Waals surface area contributed by atoms with Crippen LogP contribution in [-0.4, -0.2) is 15.0 Å². The van der Waals surface area contributed by atoms with Crippen LogP contribution < -0.4 is 11.1 Å². The standard InChI is InChI=1S/C14H19N5/c1-9(2)12-13(15)18-8-19-14(12)17-7-11-6-16-5-4-10(11)3/h4-6,8-9H,7H2,1-3H3,(H3,15,17,18,19). The number of pyridine rings is 1. The summed E-state index contributed by atoms with van der Waals surface area (Å²) in [4.78, 5) is 12.5. The molecule has 0 radical (unpaired) electrons. The van der Waals surface area contributed by atoms with Crippen LogP contribution in [0.2, 0.25) is 0 Å². The van der Waals surface area contributed by atoms with Crippen molar-refractivity contribution in [2.45, 2.75) is 33.2 Å². The van der Waals surface area contributed by atoms with E-state index in [2.05, 4.69) is 41.0 Å². The van der Waals surface area contributed by atoms with Crippen LogP contribution in [0.25, 0.3) is 0 Å². The van der Waals surface area contributed by atoms with Gasteiger partial charge in [0.15, 0.2) is 0 Å². The van der Waals surface area contributed by atoms with E-state index in [1.165, 1.54) is 11.9 Å². The lowest BCUT2D eigenvalue weighted by Crippen LogP contribution is -2.10. The van der Waals surface area contributed by atoms with Gasteiger partial charge in [-0.2, -0.15) is 0 Å². The predicted molar refractivity (Wildman–Crippen MR) is 76.8 cm³/mol. The predicted octanol–water partition coefficient (Wildman–Crippen LogP) is 2.50. The molecule has 2 aromatic heterocycles. The molecule has 0 aliphatic heterocycles. The number of aryl methyl sites for hydroxylation is 1. The van der Waals surface area contributed by atoms with Crippen molar-refractivity contribution in [3.63, 3.8) is 0 Å². The highest BCUT2D eigenvalue weighted by Gasteiger charge is 2.12. The number of nitrogens with one attached hydrogen (secondary N) is 1. The molecule has 0 bridgehead atoms. The van der Waals surface area contributed by atoms with Gasteiger partial charge in [0, 0.05) is 24.5 Å². The quantitative estimate of drug-likeness (QED) is 0.880. The van der Waals surface area contributed by atoms with E-state index >= 15 is 0 Å². The average molecular weight is 257 g/mol. The monoisotopic (exact) mass is 257 g/mol. The summed E-state index contributed by atoms with van der Waals surface area (Å²) in [7, 11) is 0. The second-order valence-electron chi connectivity index (χ2n) is 4.83. The molecule has 0 fully saturated rings. The molecule has 2 rings (SSSR count). The molecule has 0 saturated heterocycles. The Morgan fingerprint density at radius 1 is 1.32 bits per heavy atom. The Hall–Kier alpha value is -2.17. The second-order valence-corrected chi connectivity index (χ2v) is 4.83. The minimum absolute atomic E-state index is 0.277. The number of anilines is 2. The van der Waals surface area contributed by atoms with Crippen LogP contribution in [0.1, 0.15) is 36.5 Å². The fourth-order valence-electron chi connectivity index (χ4n) is 1.98. The number of aromatic nitrogens is 3. The third-order valence-electron chi connectivity index (χ3n) is 3.09. The molecule has 0 amide bonds. The molecule has 3 N–H and O–H groups in total. The highest BCUT2D eigenvalue weighted by Crippen LogP contribution is 2.26. The van der Waals surface area contributed by atoms with Crippen LogP contribution in [0.15, 0.2) is 24.8 Å². The van der Waals surface area contributed by atoms with Crippen molar-refractivity contribution in [3.8, 4) is 0 Å². The Kier molecular flexibility index (Phi) is 3.94. The summed E-state index contributed by atoms with van der Waals surface area (Å²) in [6.45, 7) is 6.90. The van der Waals surface area contributed by atoms with Crippen LogP contribution in [-0.2, 0) is 6.54 Å². The summed E-state index contributed by atoms with van der Waals surface area (Å²) in [5, 5.41) is 3.32. The van der Waals surface area contributed by atoms with Crippen molar-refractivity contribution >= 4 is 11.6 Å². The van der Waals surface area contributed by atoms with Crippen LogP contribution >= 0.6 is 0 Å². The summed E-state index contributed by atoms with van der Waals surface area (Å²) in [6.07, 6.45) is 5.14. The first kappa shape index (κ1) is 13.3. The van der Waals surface area contributed by atoms with Crippen molar-refractivity contribution in [2.75, 3.05) is 11.1 Å². The zero-order chi connectivity index (χ0) is 13.8. The minimum atomic E-state index is 0.277. The summed E-state index contributed by atoms with van der Waals surface area (Å²) < 4.78 is 0. The van der Waals surface area contributed by atoms with Gasteiger partial charge in [0.2, 0.25) is 0 Å². The Bertz CT molecular complexity index is 566. The summed E-state index contributed by atoms with van der Waals surface area (Å²) in [5.74, 6) is 1.61. The van der Waals surface area contributed by atoms with Gasteiger partial charge in [-0.25, -0.2) is 9.97 Å². The zero-order valence-corrected chi connectivity index (χ0v) is 11.5. The number of nitrogen functional groups attached to an aromatic ring is 1.